The van der Waals surface area contributed by atoms with Gasteiger partial charge in [0.2, 0.25) is 0 Å². The van der Waals surface area contributed by atoms with Gasteiger partial charge in [-0.15, -0.1) is 0 Å². The molecule has 0 aromatic heterocycles. The molecule has 0 aromatic rings. The highest BCUT2D eigenvalue weighted by atomic mass is 32.2. The van der Waals surface area contributed by atoms with Crippen LogP contribution in [0.15, 0.2) is 0 Å². The van der Waals surface area contributed by atoms with Crippen LogP contribution in [0.5, 0.6) is 0 Å². The Bertz CT molecular complexity index is 698. The molecule has 10 atom stereocenters. The van der Waals surface area contributed by atoms with Crippen LogP contribution in [0.1, 0.15) is 44.9 Å². The Morgan fingerprint density at radius 1 is 0.619 bits per heavy atom. The molecular weight excluding hydrogens is 596 g/mol. The first-order valence-corrected chi connectivity index (χ1v) is 17.7. The van der Waals surface area contributed by atoms with Crippen molar-refractivity contribution >= 4 is 20.6 Å². The highest BCUT2D eigenvalue weighted by Crippen LogP contribution is 2.29. The number of unbranched alkanes of at least 4 members (excludes halogenated alkanes) is 5. The Balaban J connectivity index is 1.60. The van der Waals surface area contributed by atoms with Crippen LogP contribution in [-0.4, -0.2) is 159 Å². The van der Waals surface area contributed by atoms with Crippen LogP contribution >= 0.6 is 11.8 Å². The summed E-state index contributed by atoms with van der Waals surface area (Å²) in [4.78, 5) is 0. The van der Waals surface area contributed by atoms with E-state index < -0.39 is 83.4 Å². The first-order valence-electron chi connectivity index (χ1n) is 14.6. The molecule has 14 nitrogen and oxygen atoms in total. The fraction of sp³-hybridized carbons (Fsp3) is 1.00. The fourth-order valence-corrected chi connectivity index (χ4v) is 7.89. The molecule has 0 bridgehead atoms. The lowest BCUT2D eigenvalue weighted by Crippen LogP contribution is -2.64. The molecule has 7 N–H and O–H groups in total. The smallest absolute Gasteiger partial charge is 0.394 e. The molecular formula is C26H52O14SSi. The zero-order chi connectivity index (χ0) is 31.1. The summed E-state index contributed by atoms with van der Waals surface area (Å²) in [6.07, 6.45) is -7.40. The summed E-state index contributed by atoms with van der Waals surface area (Å²) in [5.41, 5.74) is 0. The molecule has 0 radical (unpaired) electrons. The third-order valence-electron chi connectivity index (χ3n) is 7.63. The molecule has 2 aliphatic heterocycles. The SMILES string of the molecule is CO[Si](CCCSCCCCCCCCO[C@@H]1OC(CO)[C@@H](O[C@@H]2OC(CO)[C@H](O)[C@H](O)C2O)[C@H](O)C1O)(OC)OC. The number of hydrogen-bond donors (Lipinski definition) is 7. The van der Waals surface area contributed by atoms with Gasteiger partial charge in [0.05, 0.1) is 13.2 Å². The third-order valence-corrected chi connectivity index (χ3v) is 11.6. The number of ether oxygens (including phenoxy) is 4. The van der Waals surface area contributed by atoms with E-state index in [1.165, 1.54) is 0 Å². The minimum Gasteiger partial charge on any atom is -0.394 e. The van der Waals surface area contributed by atoms with Crippen molar-refractivity contribution in [2.75, 3.05) is 52.7 Å². The quantitative estimate of drug-likeness (QED) is 0.0587. The van der Waals surface area contributed by atoms with Crippen LogP contribution in [0.4, 0.5) is 0 Å². The summed E-state index contributed by atoms with van der Waals surface area (Å²) < 4.78 is 38.4. The number of hydrogen-bond acceptors (Lipinski definition) is 15. The van der Waals surface area contributed by atoms with E-state index in [0.29, 0.717) is 0 Å². The van der Waals surface area contributed by atoms with Crippen LogP contribution in [0, 0.1) is 0 Å². The lowest BCUT2D eigenvalue weighted by molar-refractivity contribution is -0.359. The van der Waals surface area contributed by atoms with E-state index in [1.54, 1.807) is 21.3 Å². The van der Waals surface area contributed by atoms with Gasteiger partial charge in [-0.3, -0.25) is 0 Å². The highest BCUT2D eigenvalue weighted by molar-refractivity contribution is 7.99. The monoisotopic (exact) mass is 648 g/mol. The molecule has 2 rings (SSSR count). The molecule has 2 saturated heterocycles. The van der Waals surface area contributed by atoms with Crippen molar-refractivity contribution < 1.29 is 68.0 Å². The number of aliphatic hydroxyl groups excluding tert-OH is 7. The lowest BCUT2D eigenvalue weighted by atomic mass is 9.97. The standard InChI is InChI=1S/C26H52O14SSi/c1-34-42(35-2,36-3)14-10-13-41-12-9-7-5-4-6-8-11-37-25-23(33)21(31)24(18(16-28)39-25)40-26-22(32)20(30)19(29)17(15-27)38-26/h17-33H,4-16H2,1-3H3/t17?,18?,19-,20-,21+,22?,23?,24+,25+,26-/m0/s1. The molecule has 2 aliphatic rings. The van der Waals surface area contributed by atoms with Crippen molar-refractivity contribution in [1.29, 1.82) is 0 Å². The largest absolute Gasteiger partial charge is 0.500 e. The average molecular weight is 649 g/mol. The van der Waals surface area contributed by atoms with Crippen molar-refractivity contribution in [3.8, 4) is 0 Å². The average Bonchev–Trinajstić information content (AvgIpc) is 3.01. The van der Waals surface area contributed by atoms with Gasteiger partial charge in [0.25, 0.3) is 0 Å². The van der Waals surface area contributed by atoms with Crippen LogP contribution in [0.3, 0.4) is 0 Å². The Kier molecular flexibility index (Phi) is 18.4. The van der Waals surface area contributed by atoms with Crippen LogP contribution < -0.4 is 0 Å². The number of aliphatic hydroxyl groups is 7. The minimum absolute atomic E-state index is 0.288. The normalized spacial score (nSPS) is 34.1. The molecule has 0 amide bonds. The van der Waals surface area contributed by atoms with Gasteiger partial charge in [-0.2, -0.15) is 11.8 Å². The maximum absolute atomic E-state index is 10.7. The Hall–Kier alpha value is 0.00688. The molecule has 4 unspecified atom stereocenters. The van der Waals surface area contributed by atoms with Crippen molar-refractivity contribution in [3.05, 3.63) is 0 Å². The summed E-state index contributed by atoms with van der Waals surface area (Å²) in [7, 11) is 2.42. The van der Waals surface area contributed by atoms with Gasteiger partial charge >= 0.3 is 8.80 Å². The van der Waals surface area contributed by atoms with Gasteiger partial charge in [0, 0.05) is 34.0 Å². The van der Waals surface area contributed by atoms with Gasteiger partial charge in [-0.05, 0) is 30.8 Å². The summed E-state index contributed by atoms with van der Waals surface area (Å²) in [6.45, 7) is -0.964. The van der Waals surface area contributed by atoms with Crippen LogP contribution in [0.2, 0.25) is 6.04 Å². The van der Waals surface area contributed by atoms with E-state index in [9.17, 15) is 35.7 Å². The first kappa shape index (κ1) is 38.2. The van der Waals surface area contributed by atoms with E-state index in [4.69, 9.17) is 32.2 Å². The topological polar surface area (TPSA) is 206 Å². The molecule has 42 heavy (non-hydrogen) atoms. The molecule has 250 valence electrons. The third kappa shape index (κ3) is 11.1. The predicted octanol–water partition coefficient (Wildman–Crippen LogP) is -1.03. The lowest BCUT2D eigenvalue weighted by Gasteiger charge is -2.45. The van der Waals surface area contributed by atoms with Crippen molar-refractivity contribution in [2.24, 2.45) is 0 Å². The van der Waals surface area contributed by atoms with E-state index in [-0.39, 0.29) is 6.61 Å². The summed E-state index contributed by atoms with van der Waals surface area (Å²) in [5, 5.41) is 70.5. The van der Waals surface area contributed by atoms with Gasteiger partial charge in [-0.1, -0.05) is 25.7 Å². The van der Waals surface area contributed by atoms with Crippen molar-refractivity contribution in [3.63, 3.8) is 0 Å². The van der Waals surface area contributed by atoms with E-state index in [0.717, 1.165) is 62.5 Å². The summed E-state index contributed by atoms with van der Waals surface area (Å²) in [5.74, 6) is 2.15. The Morgan fingerprint density at radius 2 is 1.17 bits per heavy atom. The van der Waals surface area contributed by atoms with Gasteiger partial charge in [-0.25, -0.2) is 0 Å². The molecule has 0 aliphatic carbocycles. The summed E-state index contributed by atoms with van der Waals surface area (Å²) >= 11 is 1.93. The minimum atomic E-state index is -2.47. The first-order chi connectivity index (χ1) is 20.2. The second-order valence-electron chi connectivity index (χ2n) is 10.5. The Morgan fingerprint density at radius 3 is 1.79 bits per heavy atom. The maximum Gasteiger partial charge on any atom is 0.500 e. The predicted molar refractivity (Wildman–Crippen MR) is 154 cm³/mol. The van der Waals surface area contributed by atoms with Crippen molar-refractivity contribution in [1.82, 2.24) is 0 Å². The van der Waals surface area contributed by atoms with E-state index in [1.807, 2.05) is 11.8 Å². The van der Waals surface area contributed by atoms with E-state index >= 15 is 0 Å². The number of rotatable bonds is 21. The number of thioether (sulfide) groups is 1. The zero-order valence-electron chi connectivity index (χ0n) is 24.9. The highest BCUT2D eigenvalue weighted by Gasteiger charge is 2.50. The Labute approximate surface area is 253 Å². The molecule has 0 aromatic carbocycles. The molecule has 2 fully saturated rings. The molecule has 0 spiro atoms. The van der Waals surface area contributed by atoms with Crippen molar-refractivity contribution in [2.45, 2.75) is 112 Å². The van der Waals surface area contributed by atoms with Gasteiger partial charge < -0.3 is 68.0 Å². The van der Waals surface area contributed by atoms with Gasteiger partial charge in [0.1, 0.15) is 48.8 Å². The van der Waals surface area contributed by atoms with E-state index in [2.05, 4.69) is 0 Å². The van der Waals surface area contributed by atoms with Gasteiger partial charge in [0.15, 0.2) is 12.6 Å². The molecule has 16 heteroatoms. The second-order valence-corrected chi connectivity index (χ2v) is 14.8. The maximum atomic E-state index is 10.7. The fourth-order valence-electron chi connectivity index (χ4n) is 4.95. The van der Waals surface area contributed by atoms with Crippen LogP contribution in [-0.2, 0) is 32.2 Å². The summed E-state index contributed by atoms with van der Waals surface area (Å²) in [6, 6.07) is 0.810. The molecule has 2 heterocycles. The van der Waals surface area contributed by atoms with Crippen LogP contribution in [0.25, 0.3) is 0 Å². The second kappa shape index (κ2) is 20.2. The molecule has 0 saturated carbocycles. The zero-order valence-corrected chi connectivity index (χ0v) is 26.7.